The molecule has 0 aliphatic carbocycles. The number of aliphatic imine (C=N–C) groups is 1. The van der Waals surface area contributed by atoms with Crippen molar-refractivity contribution in [3.8, 4) is 5.75 Å². The third-order valence-electron chi connectivity index (χ3n) is 9.33. The number of nitrogens with zero attached hydrogens (tertiary/aromatic N) is 3. The minimum Gasteiger partial charge on any atom is -0.493 e. The largest absolute Gasteiger partial charge is 0.493 e. The van der Waals surface area contributed by atoms with Gasteiger partial charge in [0.15, 0.2) is 0 Å². The van der Waals surface area contributed by atoms with Gasteiger partial charge >= 0.3 is 6.18 Å². The van der Waals surface area contributed by atoms with Gasteiger partial charge in [-0.3, -0.25) is 14.6 Å². The number of amidine groups is 1. The van der Waals surface area contributed by atoms with Crippen molar-refractivity contribution in [3.63, 3.8) is 0 Å². The fourth-order valence-corrected chi connectivity index (χ4v) is 7.83. The summed E-state index contributed by atoms with van der Waals surface area (Å²) < 4.78 is 75.2. The lowest BCUT2D eigenvalue weighted by Gasteiger charge is -2.34. The van der Waals surface area contributed by atoms with Gasteiger partial charge in [0, 0.05) is 37.8 Å². The number of benzene rings is 2. The van der Waals surface area contributed by atoms with Crippen molar-refractivity contribution in [1.29, 1.82) is 0 Å². The molecule has 0 unspecified atom stereocenters. The number of ether oxygens (including phenoxy) is 1. The molecule has 0 saturated carbocycles. The van der Waals surface area contributed by atoms with Crippen LogP contribution in [-0.2, 0) is 27.4 Å². The number of piperidine rings is 1. The standard InChI is InChI=1S/C35H43F3N4O5S/c1-25-21-27-12-11-26(25)13-20-48(45,46)42-17-14-34(15-18-42)33(44)39-31(40-34)28-22-29(35(36,37)38)24-30(23-28)47-19-10-8-6-4-3-5-7-9-16-41(2)32(27)43/h6,8,11-12,21-24H,3-5,7,9-10,13-20H2,1-2H3,(H,39,40,44). The van der Waals surface area contributed by atoms with Crippen molar-refractivity contribution < 1.29 is 35.9 Å². The molecule has 0 atom stereocenters. The number of nitrogens with one attached hydrogen (secondary N) is 1. The minimum absolute atomic E-state index is 0.0136. The Hall–Kier alpha value is -3.71. The maximum absolute atomic E-state index is 13.8. The summed E-state index contributed by atoms with van der Waals surface area (Å²) >= 11 is 0. The molecule has 2 aromatic carbocycles. The van der Waals surface area contributed by atoms with Crippen LogP contribution in [0, 0.1) is 6.92 Å². The lowest BCUT2D eigenvalue weighted by Crippen LogP contribution is -2.50. The Morgan fingerprint density at radius 3 is 2.38 bits per heavy atom. The van der Waals surface area contributed by atoms with E-state index in [9.17, 15) is 31.2 Å². The minimum atomic E-state index is -4.64. The number of halogens is 3. The van der Waals surface area contributed by atoms with E-state index in [0.29, 0.717) is 18.5 Å². The molecule has 5 heterocycles. The van der Waals surface area contributed by atoms with Gasteiger partial charge in [-0.15, -0.1) is 0 Å². The molecule has 5 aliphatic rings. The van der Waals surface area contributed by atoms with E-state index in [1.54, 1.807) is 18.0 Å². The lowest BCUT2D eigenvalue weighted by atomic mass is 9.89. The van der Waals surface area contributed by atoms with Crippen LogP contribution in [0.3, 0.4) is 0 Å². The quantitative estimate of drug-likeness (QED) is 0.360. The molecular weight excluding hydrogens is 645 g/mol. The Bertz CT molecular complexity index is 1680. The van der Waals surface area contributed by atoms with Crippen LogP contribution in [0.1, 0.15) is 84.0 Å². The molecule has 260 valence electrons. The molecule has 1 N–H and O–H groups in total. The second-order valence-corrected chi connectivity index (χ2v) is 14.9. The average molecular weight is 689 g/mol. The fraction of sp³-hybridized carbons (Fsp3) is 0.514. The van der Waals surface area contributed by atoms with Gasteiger partial charge in [-0.1, -0.05) is 31.1 Å². The molecule has 2 amide bonds. The predicted molar refractivity (Wildman–Crippen MR) is 178 cm³/mol. The summed E-state index contributed by atoms with van der Waals surface area (Å²) in [5, 5.41) is 2.65. The highest BCUT2D eigenvalue weighted by Crippen LogP contribution is 2.36. The zero-order chi connectivity index (χ0) is 34.5. The number of amides is 2. The summed E-state index contributed by atoms with van der Waals surface area (Å²) in [4.78, 5) is 32.5. The van der Waals surface area contributed by atoms with E-state index in [0.717, 1.165) is 55.4 Å². The number of alkyl halides is 3. The van der Waals surface area contributed by atoms with Gasteiger partial charge in [-0.2, -0.15) is 13.2 Å². The highest BCUT2D eigenvalue weighted by molar-refractivity contribution is 7.89. The number of carbonyl (C=O) groups excluding carboxylic acids is 2. The molecular formula is C35H43F3N4O5S. The normalized spacial score (nSPS) is 24.6. The molecule has 2 aromatic rings. The Morgan fingerprint density at radius 1 is 0.917 bits per heavy atom. The van der Waals surface area contributed by atoms with Gasteiger partial charge in [0.25, 0.3) is 11.8 Å². The molecule has 1 spiro atoms. The third kappa shape index (κ3) is 8.46. The SMILES string of the molecule is Cc1cc2ccc1CCS(=O)(=O)N1CCC3(CC1)N=C(NC3=O)c1cc(cc(C(F)(F)F)c1)OCCC=CCCCCCCN(C)C2=O. The van der Waals surface area contributed by atoms with Crippen molar-refractivity contribution in [2.45, 2.75) is 76.4 Å². The zero-order valence-corrected chi connectivity index (χ0v) is 28.3. The van der Waals surface area contributed by atoms with Gasteiger partial charge in [0.05, 0.1) is 17.9 Å². The van der Waals surface area contributed by atoms with Crippen LogP contribution in [0.4, 0.5) is 13.2 Å². The number of carbonyl (C=O) groups is 2. The van der Waals surface area contributed by atoms with Crippen molar-refractivity contribution >= 4 is 27.7 Å². The van der Waals surface area contributed by atoms with Crippen LogP contribution >= 0.6 is 0 Å². The molecule has 5 aliphatic heterocycles. The average Bonchev–Trinajstić information content (AvgIpc) is 3.36. The Balaban J connectivity index is 1.36. The highest BCUT2D eigenvalue weighted by atomic mass is 32.2. The van der Waals surface area contributed by atoms with Crippen molar-refractivity contribution in [2.24, 2.45) is 4.99 Å². The van der Waals surface area contributed by atoms with Crippen LogP contribution in [0.5, 0.6) is 5.75 Å². The van der Waals surface area contributed by atoms with Gasteiger partial charge in [-0.25, -0.2) is 12.7 Å². The van der Waals surface area contributed by atoms with Gasteiger partial charge in [0.1, 0.15) is 17.1 Å². The molecule has 9 nitrogen and oxygen atoms in total. The van der Waals surface area contributed by atoms with Gasteiger partial charge < -0.3 is 15.0 Å². The number of rotatable bonds is 0. The molecule has 0 radical (unpaired) electrons. The molecule has 0 aromatic heterocycles. The van der Waals surface area contributed by atoms with Crippen LogP contribution in [0.25, 0.3) is 0 Å². The first kappa shape index (κ1) is 35.6. The van der Waals surface area contributed by atoms with Crippen molar-refractivity contribution in [2.75, 3.05) is 39.0 Å². The van der Waals surface area contributed by atoms with Gasteiger partial charge in [-0.05, 0) is 93.3 Å². The maximum Gasteiger partial charge on any atom is 0.416 e. The third-order valence-corrected chi connectivity index (χ3v) is 11.2. The lowest BCUT2D eigenvalue weighted by molar-refractivity contribution is -0.137. The Kier molecular flexibility index (Phi) is 11.0. The van der Waals surface area contributed by atoms with E-state index >= 15 is 0 Å². The van der Waals surface area contributed by atoms with E-state index in [2.05, 4.69) is 10.3 Å². The summed E-state index contributed by atoms with van der Waals surface area (Å²) in [5.74, 6) is -0.646. The van der Waals surface area contributed by atoms with Gasteiger partial charge in [0.2, 0.25) is 10.0 Å². The zero-order valence-electron chi connectivity index (χ0n) is 27.4. The molecule has 13 heteroatoms. The second-order valence-electron chi connectivity index (χ2n) is 12.8. The van der Waals surface area contributed by atoms with E-state index in [4.69, 9.17) is 4.74 Å². The van der Waals surface area contributed by atoms with Crippen molar-refractivity contribution in [3.05, 3.63) is 76.4 Å². The first-order valence-electron chi connectivity index (χ1n) is 16.5. The fourth-order valence-electron chi connectivity index (χ4n) is 6.35. The Morgan fingerprint density at radius 2 is 1.65 bits per heavy atom. The molecule has 1 fully saturated rings. The second kappa shape index (κ2) is 14.8. The predicted octanol–water partition coefficient (Wildman–Crippen LogP) is 5.66. The number of hydrogen-bond acceptors (Lipinski definition) is 6. The summed E-state index contributed by atoms with van der Waals surface area (Å²) in [5.41, 5.74) is 0.130. The molecule has 1 saturated heterocycles. The summed E-state index contributed by atoms with van der Waals surface area (Å²) in [6.45, 7) is 2.78. The summed E-state index contributed by atoms with van der Waals surface area (Å²) in [7, 11) is -1.90. The number of fused-ring (bicyclic) bond motifs is 2. The van der Waals surface area contributed by atoms with E-state index in [-0.39, 0.29) is 67.8 Å². The van der Waals surface area contributed by atoms with E-state index in [1.807, 2.05) is 31.2 Å². The number of sulfonamides is 1. The monoisotopic (exact) mass is 688 g/mol. The van der Waals surface area contributed by atoms with Crippen LogP contribution < -0.4 is 10.1 Å². The summed E-state index contributed by atoms with van der Waals surface area (Å²) in [6, 6.07) is 8.67. The van der Waals surface area contributed by atoms with E-state index in [1.165, 1.54) is 10.4 Å². The molecule has 48 heavy (non-hydrogen) atoms. The Labute approximate surface area is 280 Å². The first-order chi connectivity index (χ1) is 22.8. The van der Waals surface area contributed by atoms with E-state index < -0.39 is 33.2 Å². The number of allylic oxidation sites excluding steroid dienone is 1. The topological polar surface area (TPSA) is 108 Å². The number of hydrogen-bond donors (Lipinski definition) is 1. The van der Waals surface area contributed by atoms with Crippen LogP contribution in [-0.4, -0.2) is 79.9 Å². The molecule has 7 bridgehead atoms. The van der Waals surface area contributed by atoms with Crippen LogP contribution in [0.2, 0.25) is 0 Å². The molecule has 7 rings (SSSR count). The van der Waals surface area contributed by atoms with Crippen molar-refractivity contribution in [1.82, 2.24) is 14.5 Å². The first-order valence-corrected chi connectivity index (χ1v) is 18.1. The maximum atomic E-state index is 13.8. The highest BCUT2D eigenvalue weighted by Gasteiger charge is 2.47. The number of aryl methyl sites for hydroxylation is 2. The smallest absolute Gasteiger partial charge is 0.416 e. The van der Waals surface area contributed by atoms with Crippen LogP contribution in [0.15, 0.2) is 53.5 Å². The summed E-state index contributed by atoms with van der Waals surface area (Å²) in [6.07, 6.45) is 5.02.